The molecule has 4 N–H and O–H groups in total. The van der Waals surface area contributed by atoms with Crippen molar-refractivity contribution in [1.29, 1.82) is 0 Å². The molecule has 0 bridgehead atoms. The predicted molar refractivity (Wildman–Crippen MR) is 70.4 cm³/mol. The quantitative estimate of drug-likeness (QED) is 0.284. The maximum Gasteiger partial charge on any atom is 0.0430 e. The van der Waals surface area contributed by atoms with E-state index in [4.69, 9.17) is 0 Å². The van der Waals surface area contributed by atoms with Crippen LogP contribution in [-0.2, 0) is 0 Å². The van der Waals surface area contributed by atoms with Gasteiger partial charge in [-0.2, -0.15) is 0 Å². The fourth-order valence-corrected chi connectivity index (χ4v) is 1.80. The van der Waals surface area contributed by atoms with Crippen LogP contribution in [0.1, 0.15) is 12.8 Å². The Labute approximate surface area is 98.3 Å². The summed E-state index contributed by atoms with van der Waals surface area (Å²) in [6.45, 7) is 4.40. The highest BCUT2D eigenvalue weighted by atomic mass is 32.2. The van der Waals surface area contributed by atoms with Crippen LogP contribution in [-0.4, -0.2) is 52.0 Å². The first-order chi connectivity index (χ1) is 7.41. The molecule has 0 rings (SSSR count). The number of hydrogen-bond acceptors (Lipinski definition) is 5. The van der Waals surface area contributed by atoms with Crippen molar-refractivity contribution in [1.82, 2.24) is 21.3 Å². The Morgan fingerprint density at radius 2 is 1.20 bits per heavy atom. The molecule has 15 heavy (non-hydrogen) atoms. The van der Waals surface area contributed by atoms with E-state index in [1.165, 1.54) is 12.8 Å². The van der Waals surface area contributed by atoms with Gasteiger partial charge in [0, 0.05) is 11.8 Å². The van der Waals surface area contributed by atoms with E-state index in [1.807, 2.05) is 25.9 Å². The first kappa shape index (κ1) is 15.2. The van der Waals surface area contributed by atoms with Crippen molar-refractivity contribution in [3.63, 3.8) is 0 Å². The van der Waals surface area contributed by atoms with Crippen LogP contribution in [0, 0.1) is 0 Å². The van der Waals surface area contributed by atoms with Gasteiger partial charge < -0.3 is 21.3 Å². The molecule has 0 aliphatic carbocycles. The Bertz CT molecular complexity index is 102. The second-order valence-electron chi connectivity index (χ2n) is 3.41. The molecule has 4 nitrogen and oxygen atoms in total. The Morgan fingerprint density at radius 3 is 1.60 bits per heavy atom. The van der Waals surface area contributed by atoms with Gasteiger partial charge in [-0.25, -0.2) is 0 Å². The number of thioether (sulfide) groups is 1. The molecule has 0 amide bonds. The lowest BCUT2D eigenvalue weighted by Gasteiger charge is -2.06. The SMILES string of the molecule is CNCCCNCSCNCCCNC. The van der Waals surface area contributed by atoms with E-state index in [0.717, 1.165) is 37.9 Å². The first-order valence-electron chi connectivity index (χ1n) is 5.70. The van der Waals surface area contributed by atoms with Crippen molar-refractivity contribution in [2.45, 2.75) is 12.8 Å². The van der Waals surface area contributed by atoms with Gasteiger partial charge in [-0.15, -0.1) is 11.8 Å². The number of hydrogen-bond donors (Lipinski definition) is 4. The molecular weight excluding hydrogens is 208 g/mol. The summed E-state index contributed by atoms with van der Waals surface area (Å²) in [6, 6.07) is 0. The molecule has 0 saturated heterocycles. The predicted octanol–water partition coefficient (Wildman–Crippen LogP) is 0.0328. The second kappa shape index (κ2) is 14.2. The van der Waals surface area contributed by atoms with Crippen molar-refractivity contribution in [3.05, 3.63) is 0 Å². The van der Waals surface area contributed by atoms with Crippen LogP contribution in [0.25, 0.3) is 0 Å². The van der Waals surface area contributed by atoms with Gasteiger partial charge in [0.1, 0.15) is 0 Å². The standard InChI is InChI=1S/C10H26N4S/c1-11-5-3-7-13-9-15-10-14-8-4-6-12-2/h11-14H,3-10H2,1-2H3. The van der Waals surface area contributed by atoms with Gasteiger partial charge in [0.05, 0.1) is 0 Å². The molecule has 0 aliphatic heterocycles. The molecule has 0 fully saturated rings. The van der Waals surface area contributed by atoms with Crippen LogP contribution in [0.4, 0.5) is 0 Å². The fourth-order valence-electron chi connectivity index (χ4n) is 1.12. The van der Waals surface area contributed by atoms with E-state index >= 15 is 0 Å². The zero-order chi connectivity index (χ0) is 11.2. The van der Waals surface area contributed by atoms with Crippen LogP contribution in [0.5, 0.6) is 0 Å². The molecule has 5 heteroatoms. The molecule has 0 aliphatic rings. The molecule has 0 aromatic rings. The van der Waals surface area contributed by atoms with Crippen molar-refractivity contribution >= 4 is 11.8 Å². The summed E-state index contributed by atoms with van der Waals surface area (Å²) in [6.07, 6.45) is 2.40. The van der Waals surface area contributed by atoms with E-state index in [1.54, 1.807) is 0 Å². The lowest BCUT2D eigenvalue weighted by Crippen LogP contribution is -2.22. The van der Waals surface area contributed by atoms with Gasteiger partial charge in [0.2, 0.25) is 0 Å². The Kier molecular flexibility index (Phi) is 14.4. The Morgan fingerprint density at radius 1 is 0.733 bits per heavy atom. The molecule has 0 aromatic carbocycles. The summed E-state index contributed by atoms with van der Waals surface area (Å²) in [5.74, 6) is 2.09. The van der Waals surface area contributed by atoms with E-state index in [9.17, 15) is 0 Å². The van der Waals surface area contributed by atoms with Crippen LogP contribution < -0.4 is 21.3 Å². The average molecular weight is 234 g/mol. The molecule has 0 aromatic heterocycles. The van der Waals surface area contributed by atoms with Gasteiger partial charge in [-0.05, 0) is 53.1 Å². The summed E-state index contributed by atoms with van der Waals surface area (Å²) < 4.78 is 0. The Hall–Kier alpha value is 0.190. The van der Waals surface area contributed by atoms with E-state index in [0.29, 0.717) is 0 Å². The largest absolute Gasteiger partial charge is 0.320 e. The van der Waals surface area contributed by atoms with Crippen LogP contribution in [0.2, 0.25) is 0 Å². The van der Waals surface area contributed by atoms with Gasteiger partial charge in [0.15, 0.2) is 0 Å². The third kappa shape index (κ3) is 14.2. The number of nitrogens with one attached hydrogen (secondary N) is 4. The third-order valence-corrected chi connectivity index (χ3v) is 2.79. The maximum atomic E-state index is 3.39. The highest BCUT2D eigenvalue weighted by molar-refractivity contribution is 7.99. The lowest BCUT2D eigenvalue weighted by molar-refractivity contribution is 0.662. The van der Waals surface area contributed by atoms with Crippen molar-refractivity contribution in [2.24, 2.45) is 0 Å². The van der Waals surface area contributed by atoms with Crippen molar-refractivity contribution in [3.8, 4) is 0 Å². The summed E-state index contributed by atoms with van der Waals surface area (Å²) in [5, 5.41) is 13.1. The smallest absolute Gasteiger partial charge is 0.0430 e. The summed E-state index contributed by atoms with van der Waals surface area (Å²) in [7, 11) is 3.98. The lowest BCUT2D eigenvalue weighted by atomic mass is 10.4. The van der Waals surface area contributed by atoms with Gasteiger partial charge in [0.25, 0.3) is 0 Å². The summed E-state index contributed by atoms with van der Waals surface area (Å²) in [5.41, 5.74) is 0. The molecule has 0 radical (unpaired) electrons. The van der Waals surface area contributed by atoms with Gasteiger partial charge in [-0.1, -0.05) is 0 Å². The summed E-state index contributed by atoms with van der Waals surface area (Å²) >= 11 is 1.91. The highest BCUT2D eigenvalue weighted by Gasteiger charge is 1.89. The summed E-state index contributed by atoms with van der Waals surface area (Å²) in [4.78, 5) is 0. The average Bonchev–Trinajstić information content (AvgIpc) is 2.26. The number of rotatable bonds is 12. The van der Waals surface area contributed by atoms with E-state index in [-0.39, 0.29) is 0 Å². The highest BCUT2D eigenvalue weighted by Crippen LogP contribution is 1.92. The van der Waals surface area contributed by atoms with Crippen LogP contribution in [0.15, 0.2) is 0 Å². The monoisotopic (exact) mass is 234 g/mol. The molecular formula is C10H26N4S. The van der Waals surface area contributed by atoms with E-state index < -0.39 is 0 Å². The van der Waals surface area contributed by atoms with Crippen molar-refractivity contribution < 1.29 is 0 Å². The van der Waals surface area contributed by atoms with Crippen LogP contribution >= 0.6 is 11.8 Å². The molecule has 0 atom stereocenters. The van der Waals surface area contributed by atoms with Gasteiger partial charge in [-0.3, -0.25) is 0 Å². The minimum absolute atomic E-state index is 1.04. The molecule has 0 heterocycles. The van der Waals surface area contributed by atoms with Gasteiger partial charge >= 0.3 is 0 Å². The molecule has 92 valence electrons. The minimum atomic E-state index is 1.04. The van der Waals surface area contributed by atoms with E-state index in [2.05, 4.69) is 21.3 Å². The molecule has 0 unspecified atom stereocenters. The maximum absolute atomic E-state index is 3.39. The van der Waals surface area contributed by atoms with Crippen molar-refractivity contribution in [2.75, 3.05) is 52.0 Å². The topological polar surface area (TPSA) is 48.1 Å². The fraction of sp³-hybridized carbons (Fsp3) is 1.00. The zero-order valence-electron chi connectivity index (χ0n) is 10.1. The third-order valence-electron chi connectivity index (χ3n) is 1.97. The normalized spacial score (nSPS) is 10.8. The molecule has 0 spiro atoms. The first-order valence-corrected chi connectivity index (χ1v) is 6.85. The van der Waals surface area contributed by atoms with Crippen LogP contribution in [0.3, 0.4) is 0 Å². The second-order valence-corrected chi connectivity index (χ2v) is 4.39. The zero-order valence-corrected chi connectivity index (χ0v) is 10.9. The molecule has 0 saturated carbocycles. The Balaban J connectivity index is 2.81. The minimum Gasteiger partial charge on any atom is -0.320 e.